The molecule has 3 aromatic heterocycles. The summed E-state index contributed by atoms with van der Waals surface area (Å²) in [4.78, 5) is 16.9. The van der Waals surface area contributed by atoms with Crippen molar-refractivity contribution in [3.05, 3.63) is 51.7 Å². The lowest BCUT2D eigenvalue weighted by atomic mass is 10.2. The van der Waals surface area contributed by atoms with E-state index in [2.05, 4.69) is 20.5 Å². The van der Waals surface area contributed by atoms with Crippen LogP contribution < -0.4 is 5.32 Å². The summed E-state index contributed by atoms with van der Waals surface area (Å²) in [5.41, 5.74) is 2.33. The Balaban J connectivity index is 1.41. The van der Waals surface area contributed by atoms with Gasteiger partial charge in [-0.15, -0.1) is 21.5 Å². The van der Waals surface area contributed by atoms with Crippen LogP contribution in [0, 0.1) is 6.92 Å². The van der Waals surface area contributed by atoms with Crippen LogP contribution in [0.2, 0.25) is 10.0 Å². The molecule has 0 saturated heterocycles. The van der Waals surface area contributed by atoms with Crippen LogP contribution in [0.5, 0.6) is 0 Å². The van der Waals surface area contributed by atoms with Crippen LogP contribution in [-0.4, -0.2) is 31.4 Å². The SMILES string of the molecule is CCn1c(SCC(=O)Nc2nc(-c3ccc(Cl)cc3Cl)cs2)nnc1-c1ccoc1C. The average Bonchev–Trinajstić information content (AvgIpc) is 3.46. The van der Waals surface area contributed by atoms with Gasteiger partial charge in [0.15, 0.2) is 16.1 Å². The van der Waals surface area contributed by atoms with Gasteiger partial charge in [-0.2, -0.15) is 0 Å². The number of nitrogens with one attached hydrogen (secondary N) is 1. The number of benzene rings is 1. The summed E-state index contributed by atoms with van der Waals surface area (Å²) in [7, 11) is 0. The van der Waals surface area contributed by atoms with Crippen molar-refractivity contribution < 1.29 is 9.21 Å². The fourth-order valence-electron chi connectivity index (χ4n) is 2.93. The van der Waals surface area contributed by atoms with E-state index in [1.807, 2.05) is 29.9 Å². The van der Waals surface area contributed by atoms with Crippen molar-refractivity contribution in [1.82, 2.24) is 19.7 Å². The van der Waals surface area contributed by atoms with Crippen molar-refractivity contribution in [2.24, 2.45) is 0 Å². The van der Waals surface area contributed by atoms with E-state index in [9.17, 15) is 4.79 Å². The van der Waals surface area contributed by atoms with E-state index in [-0.39, 0.29) is 11.7 Å². The summed E-state index contributed by atoms with van der Waals surface area (Å²) in [6.45, 7) is 4.56. The van der Waals surface area contributed by atoms with Crippen LogP contribution in [-0.2, 0) is 11.3 Å². The summed E-state index contributed by atoms with van der Waals surface area (Å²) in [6.07, 6.45) is 1.62. The number of carbonyl (C=O) groups is 1. The van der Waals surface area contributed by atoms with Gasteiger partial charge in [-0.1, -0.05) is 35.0 Å². The largest absolute Gasteiger partial charge is 0.469 e. The number of aromatic nitrogens is 4. The first-order chi connectivity index (χ1) is 15.0. The molecule has 0 aliphatic carbocycles. The molecule has 0 bridgehead atoms. The van der Waals surface area contributed by atoms with Gasteiger partial charge in [-0.25, -0.2) is 4.98 Å². The van der Waals surface area contributed by atoms with Crippen molar-refractivity contribution in [2.75, 3.05) is 11.1 Å². The molecule has 0 fully saturated rings. The Labute approximate surface area is 196 Å². The molecule has 160 valence electrons. The van der Waals surface area contributed by atoms with Gasteiger partial charge >= 0.3 is 0 Å². The number of anilines is 1. The highest BCUT2D eigenvalue weighted by atomic mass is 35.5. The molecule has 0 radical (unpaired) electrons. The molecule has 4 aromatic rings. The number of thioether (sulfide) groups is 1. The van der Waals surface area contributed by atoms with Crippen LogP contribution in [0.15, 0.2) is 45.5 Å². The highest BCUT2D eigenvalue weighted by Gasteiger charge is 2.18. The third-order valence-electron chi connectivity index (χ3n) is 4.42. The van der Waals surface area contributed by atoms with Crippen molar-refractivity contribution in [3.63, 3.8) is 0 Å². The third-order valence-corrected chi connectivity index (χ3v) is 6.70. The Hall–Kier alpha value is -2.33. The Kier molecular flexibility index (Phi) is 6.66. The number of rotatable bonds is 7. The lowest BCUT2D eigenvalue weighted by molar-refractivity contribution is -0.113. The van der Waals surface area contributed by atoms with E-state index in [0.717, 1.165) is 22.7 Å². The molecule has 31 heavy (non-hydrogen) atoms. The highest BCUT2D eigenvalue weighted by molar-refractivity contribution is 7.99. The number of nitrogens with zero attached hydrogens (tertiary/aromatic N) is 4. The fourth-order valence-corrected chi connectivity index (χ4v) is 4.97. The molecule has 4 rings (SSSR count). The Morgan fingerprint density at radius 2 is 2.10 bits per heavy atom. The van der Waals surface area contributed by atoms with Crippen molar-refractivity contribution >= 4 is 57.3 Å². The number of amides is 1. The standard InChI is InChI=1S/C20H17Cl2N5O2S2/c1-3-27-18(13-6-7-29-11(13)2)25-26-20(27)31-10-17(28)24-19-23-16(9-30-19)14-5-4-12(21)8-15(14)22/h4-9H,3,10H2,1-2H3,(H,23,24,28). The smallest absolute Gasteiger partial charge is 0.236 e. The molecule has 0 atom stereocenters. The van der Waals surface area contributed by atoms with Crippen LogP contribution in [0.1, 0.15) is 12.7 Å². The maximum atomic E-state index is 12.5. The van der Waals surface area contributed by atoms with Gasteiger partial charge < -0.3 is 14.3 Å². The van der Waals surface area contributed by atoms with Crippen molar-refractivity contribution in [2.45, 2.75) is 25.5 Å². The zero-order chi connectivity index (χ0) is 22.0. The number of carbonyl (C=O) groups excluding carboxylic acids is 1. The topological polar surface area (TPSA) is 85.8 Å². The molecule has 1 amide bonds. The van der Waals surface area contributed by atoms with Gasteiger partial charge in [0, 0.05) is 22.5 Å². The first kappa shape index (κ1) is 21.9. The Morgan fingerprint density at radius 1 is 1.26 bits per heavy atom. The molecule has 7 nitrogen and oxygen atoms in total. The molecule has 0 unspecified atom stereocenters. The molecule has 1 N–H and O–H groups in total. The van der Waals surface area contributed by atoms with Crippen LogP contribution in [0.4, 0.5) is 5.13 Å². The number of halogens is 2. The minimum Gasteiger partial charge on any atom is -0.469 e. The molecule has 0 aliphatic heterocycles. The van der Waals surface area contributed by atoms with E-state index >= 15 is 0 Å². The summed E-state index contributed by atoms with van der Waals surface area (Å²) >= 11 is 14.8. The lowest BCUT2D eigenvalue weighted by Gasteiger charge is -2.06. The van der Waals surface area contributed by atoms with E-state index in [1.54, 1.807) is 24.5 Å². The quantitative estimate of drug-likeness (QED) is 0.316. The number of hydrogen-bond donors (Lipinski definition) is 1. The second-order valence-electron chi connectivity index (χ2n) is 6.44. The Morgan fingerprint density at radius 3 is 2.81 bits per heavy atom. The van der Waals surface area contributed by atoms with Crippen LogP contribution in [0.3, 0.4) is 0 Å². The molecule has 1 aromatic carbocycles. The normalized spacial score (nSPS) is 11.1. The Bertz CT molecular complexity index is 1230. The number of furan rings is 1. The average molecular weight is 494 g/mol. The molecular formula is C20H17Cl2N5O2S2. The van der Waals surface area contributed by atoms with Crippen LogP contribution in [0.25, 0.3) is 22.6 Å². The summed E-state index contributed by atoms with van der Waals surface area (Å²) in [6, 6.07) is 7.08. The van der Waals surface area contributed by atoms with E-state index in [1.165, 1.54) is 23.1 Å². The molecule has 0 saturated carbocycles. The molecule has 0 spiro atoms. The third kappa shape index (κ3) is 4.79. The summed E-state index contributed by atoms with van der Waals surface area (Å²) in [5, 5.41) is 15.4. The van der Waals surface area contributed by atoms with Gasteiger partial charge in [0.05, 0.1) is 28.3 Å². The zero-order valence-electron chi connectivity index (χ0n) is 16.6. The van der Waals surface area contributed by atoms with Gasteiger partial charge in [-0.3, -0.25) is 4.79 Å². The maximum Gasteiger partial charge on any atom is 0.236 e. The van der Waals surface area contributed by atoms with Gasteiger partial charge in [0.1, 0.15) is 5.76 Å². The fraction of sp³-hybridized carbons (Fsp3) is 0.200. The maximum absolute atomic E-state index is 12.5. The summed E-state index contributed by atoms with van der Waals surface area (Å²) < 4.78 is 7.32. The number of aryl methyl sites for hydroxylation is 1. The number of thiazole rings is 1. The predicted molar refractivity (Wildman–Crippen MR) is 125 cm³/mol. The first-order valence-electron chi connectivity index (χ1n) is 9.27. The van der Waals surface area contributed by atoms with Crippen molar-refractivity contribution in [3.8, 4) is 22.6 Å². The predicted octanol–water partition coefficient (Wildman–Crippen LogP) is 6.03. The van der Waals surface area contributed by atoms with Crippen LogP contribution >= 0.6 is 46.3 Å². The minimum absolute atomic E-state index is 0.180. The lowest BCUT2D eigenvalue weighted by Crippen LogP contribution is -2.14. The first-order valence-corrected chi connectivity index (χ1v) is 11.9. The molecular weight excluding hydrogens is 477 g/mol. The molecule has 0 aliphatic rings. The van der Waals surface area contributed by atoms with E-state index in [4.69, 9.17) is 27.6 Å². The monoisotopic (exact) mass is 493 g/mol. The second kappa shape index (κ2) is 9.44. The molecule has 3 heterocycles. The molecule has 11 heteroatoms. The van der Waals surface area contributed by atoms with E-state index < -0.39 is 0 Å². The van der Waals surface area contributed by atoms with Gasteiger partial charge in [-0.05, 0) is 38.1 Å². The zero-order valence-corrected chi connectivity index (χ0v) is 19.7. The van der Waals surface area contributed by atoms with Crippen molar-refractivity contribution in [1.29, 1.82) is 0 Å². The highest BCUT2D eigenvalue weighted by Crippen LogP contribution is 2.32. The van der Waals surface area contributed by atoms with E-state index in [0.29, 0.717) is 32.6 Å². The minimum atomic E-state index is -0.181. The van der Waals surface area contributed by atoms with Gasteiger partial charge in [0.25, 0.3) is 0 Å². The number of hydrogen-bond acceptors (Lipinski definition) is 7. The summed E-state index contributed by atoms with van der Waals surface area (Å²) in [5.74, 6) is 1.50. The van der Waals surface area contributed by atoms with Gasteiger partial charge in [0.2, 0.25) is 5.91 Å². The second-order valence-corrected chi connectivity index (χ2v) is 9.08.